The predicted molar refractivity (Wildman–Crippen MR) is 75.2 cm³/mol. The van der Waals surface area contributed by atoms with Crippen molar-refractivity contribution in [3.05, 3.63) is 42.1 Å². The first-order valence-electron chi connectivity index (χ1n) is 6.44. The fourth-order valence-corrected chi connectivity index (χ4v) is 2.16. The molecule has 4 nitrogen and oxygen atoms in total. The molecule has 2 rings (SSSR count). The number of hydrogen-bond acceptors (Lipinski definition) is 3. The molecule has 1 heterocycles. The summed E-state index contributed by atoms with van der Waals surface area (Å²) in [6.07, 6.45) is 2.79. The van der Waals surface area contributed by atoms with Gasteiger partial charge in [0.15, 0.2) is 0 Å². The van der Waals surface area contributed by atoms with Crippen LogP contribution in [0.4, 0.5) is 0 Å². The summed E-state index contributed by atoms with van der Waals surface area (Å²) in [4.78, 5) is 15.0. The Labute approximate surface area is 112 Å². The van der Waals surface area contributed by atoms with Crippen LogP contribution >= 0.6 is 0 Å². The van der Waals surface area contributed by atoms with Crippen molar-refractivity contribution in [2.24, 2.45) is 0 Å². The highest BCUT2D eigenvalue weighted by molar-refractivity contribution is 5.81. The highest BCUT2D eigenvalue weighted by atomic mass is 16.4. The number of fused-ring (bicyclic) bond motifs is 1. The lowest BCUT2D eigenvalue weighted by molar-refractivity contribution is -0.137. The molecular formula is C15H18N2O2. The van der Waals surface area contributed by atoms with Gasteiger partial charge >= 0.3 is 5.97 Å². The van der Waals surface area contributed by atoms with Crippen molar-refractivity contribution in [3.8, 4) is 0 Å². The van der Waals surface area contributed by atoms with Crippen molar-refractivity contribution in [2.75, 3.05) is 6.54 Å². The number of pyridine rings is 1. The summed E-state index contributed by atoms with van der Waals surface area (Å²) in [7, 11) is 0. The molecule has 0 spiro atoms. The molecule has 0 radical (unpaired) electrons. The summed E-state index contributed by atoms with van der Waals surface area (Å²) in [5.41, 5.74) is 2.21. The van der Waals surface area contributed by atoms with E-state index in [-0.39, 0.29) is 12.5 Å². The van der Waals surface area contributed by atoms with E-state index >= 15 is 0 Å². The fourth-order valence-electron chi connectivity index (χ4n) is 2.16. The van der Waals surface area contributed by atoms with E-state index in [9.17, 15) is 4.79 Å². The molecule has 0 bridgehead atoms. The van der Waals surface area contributed by atoms with E-state index < -0.39 is 5.97 Å². The van der Waals surface area contributed by atoms with Crippen LogP contribution in [0.3, 0.4) is 0 Å². The van der Waals surface area contributed by atoms with Crippen molar-refractivity contribution in [1.29, 1.82) is 0 Å². The summed E-state index contributed by atoms with van der Waals surface area (Å²) in [6, 6.07) is 10.1. The van der Waals surface area contributed by atoms with Crippen molar-refractivity contribution in [2.45, 2.75) is 25.8 Å². The summed E-state index contributed by atoms with van der Waals surface area (Å²) in [5.74, 6) is -0.771. The third-order valence-corrected chi connectivity index (χ3v) is 3.08. The Hall–Kier alpha value is -1.94. The molecule has 2 N–H and O–H groups in total. The van der Waals surface area contributed by atoms with Gasteiger partial charge in [-0.25, -0.2) is 0 Å². The van der Waals surface area contributed by atoms with Gasteiger partial charge in [0.2, 0.25) is 0 Å². The monoisotopic (exact) mass is 258 g/mol. The van der Waals surface area contributed by atoms with Crippen LogP contribution in [-0.2, 0) is 11.2 Å². The number of nitrogens with one attached hydrogen (secondary N) is 1. The molecule has 0 amide bonds. The van der Waals surface area contributed by atoms with Gasteiger partial charge in [0, 0.05) is 17.6 Å². The van der Waals surface area contributed by atoms with E-state index in [2.05, 4.69) is 16.4 Å². The van der Waals surface area contributed by atoms with E-state index in [1.807, 2.05) is 31.2 Å². The first-order chi connectivity index (χ1) is 9.16. The molecule has 0 aliphatic carbocycles. The summed E-state index contributed by atoms with van der Waals surface area (Å²) >= 11 is 0. The smallest absolute Gasteiger partial charge is 0.304 e. The number of para-hydroxylation sites is 1. The molecule has 4 heteroatoms. The van der Waals surface area contributed by atoms with Crippen LogP contribution in [0.2, 0.25) is 0 Å². The summed E-state index contributed by atoms with van der Waals surface area (Å²) in [6.45, 7) is 2.64. The number of carboxylic acid groups (broad SMARTS) is 1. The molecule has 1 atom stereocenters. The van der Waals surface area contributed by atoms with E-state index in [4.69, 9.17) is 5.11 Å². The lowest BCUT2D eigenvalue weighted by atomic mass is 10.1. The van der Waals surface area contributed by atoms with Gasteiger partial charge in [0.25, 0.3) is 0 Å². The lowest BCUT2D eigenvalue weighted by Crippen LogP contribution is -2.30. The normalized spacial score (nSPS) is 12.5. The van der Waals surface area contributed by atoms with Gasteiger partial charge in [-0.2, -0.15) is 0 Å². The van der Waals surface area contributed by atoms with Crippen molar-refractivity contribution in [3.63, 3.8) is 0 Å². The van der Waals surface area contributed by atoms with Gasteiger partial charge in [-0.3, -0.25) is 9.78 Å². The van der Waals surface area contributed by atoms with Crippen molar-refractivity contribution < 1.29 is 9.90 Å². The lowest BCUT2D eigenvalue weighted by Gasteiger charge is -2.12. The first-order valence-corrected chi connectivity index (χ1v) is 6.44. The van der Waals surface area contributed by atoms with Crippen LogP contribution in [0.25, 0.3) is 10.9 Å². The molecule has 0 saturated carbocycles. The Bertz CT molecular complexity index is 564. The highest BCUT2D eigenvalue weighted by Gasteiger charge is 2.07. The zero-order valence-corrected chi connectivity index (χ0v) is 11.0. The largest absolute Gasteiger partial charge is 0.481 e. The van der Waals surface area contributed by atoms with Crippen LogP contribution in [0.1, 0.15) is 18.9 Å². The number of aromatic nitrogens is 1. The molecule has 0 fully saturated rings. The van der Waals surface area contributed by atoms with Gasteiger partial charge in [-0.1, -0.05) is 24.3 Å². The standard InChI is InChI=1S/C15H18N2O2/c1-11(10-14(18)19)16-9-7-13-5-2-4-12-6-3-8-17-15(12)13/h2-6,8,11,16H,7,9-10H2,1H3,(H,18,19). The molecule has 0 saturated heterocycles. The number of hydrogen-bond donors (Lipinski definition) is 2. The number of nitrogens with zero attached hydrogens (tertiary/aromatic N) is 1. The fraction of sp³-hybridized carbons (Fsp3) is 0.333. The van der Waals surface area contributed by atoms with Crippen LogP contribution in [0, 0.1) is 0 Å². The maximum Gasteiger partial charge on any atom is 0.304 e. The molecule has 0 aliphatic heterocycles. The number of rotatable bonds is 6. The van der Waals surface area contributed by atoms with Gasteiger partial charge < -0.3 is 10.4 Å². The van der Waals surface area contributed by atoms with Gasteiger partial charge in [0.05, 0.1) is 11.9 Å². The quantitative estimate of drug-likeness (QED) is 0.834. The second-order valence-corrected chi connectivity index (χ2v) is 4.70. The number of benzene rings is 1. The Kier molecular flexibility index (Phi) is 4.47. The van der Waals surface area contributed by atoms with Crippen LogP contribution < -0.4 is 5.32 Å². The van der Waals surface area contributed by atoms with E-state index in [0.29, 0.717) is 0 Å². The second-order valence-electron chi connectivity index (χ2n) is 4.70. The summed E-state index contributed by atoms with van der Waals surface area (Å²) in [5, 5.41) is 13.0. The molecular weight excluding hydrogens is 240 g/mol. The third-order valence-electron chi connectivity index (χ3n) is 3.08. The Balaban J connectivity index is 1.97. The van der Waals surface area contributed by atoms with Crippen LogP contribution in [0.15, 0.2) is 36.5 Å². The molecule has 2 aromatic rings. The van der Waals surface area contributed by atoms with Crippen LogP contribution in [0.5, 0.6) is 0 Å². The first kappa shape index (κ1) is 13.5. The molecule has 19 heavy (non-hydrogen) atoms. The Morgan fingerprint density at radius 1 is 1.37 bits per heavy atom. The molecule has 100 valence electrons. The van der Waals surface area contributed by atoms with E-state index in [0.717, 1.165) is 23.9 Å². The number of aliphatic carboxylic acids is 1. The number of carboxylic acids is 1. The predicted octanol–water partition coefficient (Wildman–Crippen LogP) is 2.23. The van der Waals surface area contributed by atoms with Gasteiger partial charge in [-0.05, 0) is 31.5 Å². The van der Waals surface area contributed by atoms with Crippen molar-refractivity contribution >= 4 is 16.9 Å². The molecule has 1 aromatic heterocycles. The minimum Gasteiger partial charge on any atom is -0.481 e. The minimum absolute atomic E-state index is 0.0135. The van der Waals surface area contributed by atoms with Gasteiger partial charge in [-0.15, -0.1) is 0 Å². The minimum atomic E-state index is -0.771. The average molecular weight is 258 g/mol. The zero-order valence-electron chi connectivity index (χ0n) is 11.0. The van der Waals surface area contributed by atoms with Gasteiger partial charge in [0.1, 0.15) is 0 Å². The maximum atomic E-state index is 10.6. The number of carbonyl (C=O) groups is 1. The third kappa shape index (κ3) is 3.76. The maximum absolute atomic E-state index is 10.6. The second kappa shape index (κ2) is 6.29. The van der Waals surface area contributed by atoms with E-state index in [1.54, 1.807) is 6.20 Å². The molecule has 0 aliphatic rings. The Morgan fingerprint density at radius 2 is 2.16 bits per heavy atom. The van der Waals surface area contributed by atoms with Crippen LogP contribution in [-0.4, -0.2) is 28.6 Å². The zero-order chi connectivity index (χ0) is 13.7. The Morgan fingerprint density at radius 3 is 2.95 bits per heavy atom. The molecule has 1 aromatic carbocycles. The summed E-state index contributed by atoms with van der Waals surface area (Å²) < 4.78 is 0. The SMILES string of the molecule is CC(CC(=O)O)NCCc1cccc2cccnc12. The average Bonchev–Trinajstić information content (AvgIpc) is 2.38. The van der Waals surface area contributed by atoms with Crippen molar-refractivity contribution in [1.82, 2.24) is 10.3 Å². The molecule has 1 unspecified atom stereocenters. The topological polar surface area (TPSA) is 62.2 Å². The highest BCUT2D eigenvalue weighted by Crippen LogP contribution is 2.15. The van der Waals surface area contributed by atoms with E-state index in [1.165, 1.54) is 5.56 Å².